The lowest BCUT2D eigenvalue weighted by atomic mass is 10.2. The molecule has 1 aromatic carbocycles. The van der Waals surface area contributed by atoms with Gasteiger partial charge in [0.05, 0.1) is 20.5 Å². The molecular weight excluding hydrogens is 440 g/mol. The van der Waals surface area contributed by atoms with Crippen molar-refractivity contribution in [2.75, 3.05) is 10.7 Å². The first-order chi connectivity index (χ1) is 15.0. The fourth-order valence-corrected chi connectivity index (χ4v) is 3.84. The number of rotatable bonds is 6. The number of nitrogens with zero attached hydrogens (tertiary/aromatic N) is 3. The second-order valence-electron chi connectivity index (χ2n) is 6.29. The Hall–Kier alpha value is -3.76. The summed E-state index contributed by atoms with van der Waals surface area (Å²) in [6.07, 6.45) is 3.23. The summed E-state index contributed by atoms with van der Waals surface area (Å²) in [5, 5.41) is 7.47. The first kappa shape index (κ1) is 20.5. The number of amides is 2. The van der Waals surface area contributed by atoms with Gasteiger partial charge in [0.15, 0.2) is 0 Å². The van der Waals surface area contributed by atoms with Crippen molar-refractivity contribution in [3.63, 3.8) is 0 Å². The van der Waals surface area contributed by atoms with Crippen molar-refractivity contribution in [2.45, 2.75) is 6.92 Å². The minimum Gasteiger partial charge on any atom is -0.313 e. The predicted molar refractivity (Wildman–Crippen MR) is 117 cm³/mol. The highest BCUT2D eigenvalue weighted by Gasteiger charge is 2.17. The molecule has 3 aromatic heterocycles. The maximum atomic E-state index is 12.5. The quantitative estimate of drug-likeness (QED) is 0.374. The fraction of sp³-hybridized carbons (Fsp3) is 0.0500. The van der Waals surface area contributed by atoms with Gasteiger partial charge in [-0.3, -0.25) is 20.0 Å². The average Bonchev–Trinajstić information content (AvgIpc) is 3.39. The van der Waals surface area contributed by atoms with E-state index in [1.807, 2.05) is 0 Å². The van der Waals surface area contributed by atoms with Gasteiger partial charge in [0.2, 0.25) is 5.82 Å². The Labute approximate surface area is 185 Å². The lowest BCUT2D eigenvalue weighted by Crippen LogP contribution is -2.29. The highest BCUT2D eigenvalue weighted by Crippen LogP contribution is 2.28. The molecule has 0 aliphatic rings. The largest absolute Gasteiger partial charge is 0.340 e. The van der Waals surface area contributed by atoms with Crippen LogP contribution in [-0.2, 0) is 0 Å². The molecule has 0 atom stereocenters. The van der Waals surface area contributed by atoms with Gasteiger partial charge in [-0.1, -0.05) is 28.9 Å². The van der Waals surface area contributed by atoms with E-state index in [0.29, 0.717) is 31.9 Å². The van der Waals surface area contributed by atoms with Crippen LogP contribution >= 0.6 is 22.9 Å². The van der Waals surface area contributed by atoms with Gasteiger partial charge in [-0.05, 0) is 42.8 Å². The summed E-state index contributed by atoms with van der Waals surface area (Å²) < 4.78 is 5.08. The van der Waals surface area contributed by atoms with Gasteiger partial charge in [0.25, 0.3) is 11.8 Å². The third kappa shape index (κ3) is 4.71. The van der Waals surface area contributed by atoms with Gasteiger partial charge in [0, 0.05) is 18.0 Å². The van der Waals surface area contributed by atoms with Crippen LogP contribution in [-0.4, -0.2) is 26.9 Å². The second kappa shape index (κ2) is 8.94. The molecule has 0 bridgehead atoms. The van der Waals surface area contributed by atoms with Gasteiger partial charge in [-0.2, -0.15) is 4.98 Å². The third-order valence-corrected chi connectivity index (χ3v) is 5.61. The van der Waals surface area contributed by atoms with Crippen LogP contribution in [0.3, 0.4) is 0 Å². The Bertz CT molecular complexity index is 1240. The number of benzene rings is 1. The number of aromatic nitrogens is 3. The van der Waals surface area contributed by atoms with E-state index in [4.69, 9.17) is 16.1 Å². The number of pyridine rings is 1. The Balaban J connectivity index is 1.39. The molecule has 0 unspecified atom stereocenters. The Morgan fingerprint density at radius 1 is 1.10 bits per heavy atom. The summed E-state index contributed by atoms with van der Waals surface area (Å²) in [4.78, 5) is 33.5. The minimum atomic E-state index is -0.413. The Morgan fingerprint density at radius 3 is 2.65 bits per heavy atom. The predicted octanol–water partition coefficient (Wildman–Crippen LogP) is 4.16. The van der Waals surface area contributed by atoms with E-state index in [1.54, 1.807) is 61.8 Å². The maximum Gasteiger partial charge on any atom is 0.340 e. The van der Waals surface area contributed by atoms with Crippen molar-refractivity contribution in [3.8, 4) is 11.4 Å². The summed E-state index contributed by atoms with van der Waals surface area (Å²) >= 11 is 7.19. The third-order valence-electron chi connectivity index (χ3n) is 4.13. The van der Waals surface area contributed by atoms with Gasteiger partial charge >= 0.3 is 6.01 Å². The molecule has 4 rings (SSSR count). The van der Waals surface area contributed by atoms with Crippen molar-refractivity contribution < 1.29 is 14.1 Å². The SMILES string of the molecule is Cc1cc(NC(=O)c2ccccc2Cl)sc1C(=O)NNc1nc(-c2ccncc2)no1. The molecule has 0 spiro atoms. The number of anilines is 2. The van der Waals surface area contributed by atoms with Gasteiger partial charge in [-0.15, -0.1) is 11.3 Å². The first-order valence-electron chi connectivity index (χ1n) is 8.98. The lowest BCUT2D eigenvalue weighted by Gasteiger charge is -2.04. The lowest BCUT2D eigenvalue weighted by molar-refractivity contribution is 0.0963. The van der Waals surface area contributed by atoms with E-state index < -0.39 is 5.91 Å². The number of hydrogen-bond donors (Lipinski definition) is 3. The minimum absolute atomic E-state index is 0.0293. The van der Waals surface area contributed by atoms with Crippen LogP contribution in [0.4, 0.5) is 11.0 Å². The van der Waals surface area contributed by atoms with Crippen LogP contribution in [0.15, 0.2) is 59.4 Å². The van der Waals surface area contributed by atoms with E-state index in [9.17, 15) is 9.59 Å². The molecule has 0 aliphatic heterocycles. The molecule has 0 fully saturated rings. The molecule has 2 amide bonds. The number of hydrogen-bond acceptors (Lipinski definition) is 8. The summed E-state index contributed by atoms with van der Waals surface area (Å²) in [7, 11) is 0. The standard InChI is InChI=1S/C20H15ClN6O3S/c1-11-10-15(23-18(28)13-4-2-3-5-14(13)21)31-16(11)19(29)25-26-20-24-17(27-30-20)12-6-8-22-9-7-12/h2-10H,1H3,(H,23,28)(H,25,29)(H,24,26,27). The van der Waals surface area contributed by atoms with Crippen LogP contribution in [0.25, 0.3) is 11.4 Å². The molecule has 0 saturated carbocycles. The summed E-state index contributed by atoms with van der Waals surface area (Å²) in [6.45, 7) is 1.77. The zero-order chi connectivity index (χ0) is 21.8. The van der Waals surface area contributed by atoms with Crippen molar-refractivity contribution in [3.05, 3.63) is 75.9 Å². The molecule has 156 valence electrons. The van der Waals surface area contributed by atoms with Gasteiger partial charge in [0.1, 0.15) is 0 Å². The monoisotopic (exact) mass is 454 g/mol. The molecule has 31 heavy (non-hydrogen) atoms. The van der Waals surface area contributed by atoms with Crippen LogP contribution in [0, 0.1) is 6.92 Å². The Kier molecular flexibility index (Phi) is 5.92. The van der Waals surface area contributed by atoms with Crippen LogP contribution in [0.2, 0.25) is 5.02 Å². The number of thiophene rings is 1. The van der Waals surface area contributed by atoms with Gasteiger partial charge < -0.3 is 9.84 Å². The van der Waals surface area contributed by atoms with Gasteiger partial charge in [-0.25, -0.2) is 5.43 Å². The molecule has 3 heterocycles. The van der Waals surface area contributed by atoms with Crippen molar-refractivity contribution in [1.82, 2.24) is 20.6 Å². The number of carbonyl (C=O) groups excluding carboxylic acids is 2. The summed E-state index contributed by atoms with van der Waals surface area (Å²) in [5.41, 5.74) is 6.87. The van der Waals surface area contributed by atoms with Crippen molar-refractivity contribution in [1.29, 1.82) is 0 Å². The highest BCUT2D eigenvalue weighted by atomic mass is 35.5. The maximum absolute atomic E-state index is 12.5. The first-order valence-corrected chi connectivity index (χ1v) is 10.2. The number of hydrazine groups is 1. The van der Waals surface area contributed by atoms with E-state index in [0.717, 1.165) is 16.9 Å². The molecule has 11 heteroatoms. The Morgan fingerprint density at radius 2 is 1.87 bits per heavy atom. The summed E-state index contributed by atoms with van der Waals surface area (Å²) in [5.74, 6) is -0.410. The van der Waals surface area contributed by atoms with E-state index in [-0.39, 0.29) is 11.9 Å². The van der Waals surface area contributed by atoms with Crippen molar-refractivity contribution >= 4 is 45.8 Å². The fourth-order valence-electron chi connectivity index (χ4n) is 2.65. The van der Waals surface area contributed by atoms with Crippen LogP contribution in [0.1, 0.15) is 25.6 Å². The number of nitrogens with one attached hydrogen (secondary N) is 3. The van der Waals surface area contributed by atoms with Crippen LogP contribution in [0.5, 0.6) is 0 Å². The normalized spacial score (nSPS) is 10.5. The summed E-state index contributed by atoms with van der Waals surface area (Å²) in [6, 6.07) is 11.9. The van der Waals surface area contributed by atoms with E-state index >= 15 is 0 Å². The molecule has 0 radical (unpaired) electrons. The number of aryl methyl sites for hydroxylation is 1. The smallest absolute Gasteiger partial charge is 0.313 e. The molecule has 4 aromatic rings. The topological polar surface area (TPSA) is 122 Å². The molecule has 0 aliphatic carbocycles. The molecule has 9 nitrogen and oxygen atoms in total. The zero-order valence-electron chi connectivity index (χ0n) is 16.0. The average molecular weight is 455 g/mol. The highest BCUT2D eigenvalue weighted by molar-refractivity contribution is 7.18. The van der Waals surface area contributed by atoms with Crippen LogP contribution < -0.4 is 16.2 Å². The van der Waals surface area contributed by atoms with Crippen molar-refractivity contribution in [2.24, 2.45) is 0 Å². The van der Waals surface area contributed by atoms with E-state index in [1.165, 1.54) is 0 Å². The number of halogens is 1. The molecular formula is C20H15ClN6O3S. The second-order valence-corrected chi connectivity index (χ2v) is 7.75. The number of carbonyl (C=O) groups is 2. The van der Waals surface area contributed by atoms with E-state index in [2.05, 4.69) is 31.3 Å². The molecule has 3 N–H and O–H groups in total. The molecule has 0 saturated heterocycles. The zero-order valence-corrected chi connectivity index (χ0v) is 17.6.